The molecule has 0 aliphatic rings. The molecule has 0 saturated carbocycles. The van der Waals surface area contributed by atoms with Gasteiger partial charge in [-0.05, 0) is 51.7 Å². The van der Waals surface area contributed by atoms with E-state index in [4.69, 9.17) is 0 Å². The lowest BCUT2D eigenvalue weighted by atomic mass is 10.1. The van der Waals surface area contributed by atoms with Gasteiger partial charge in [-0.2, -0.15) is 0 Å². The minimum Gasteiger partial charge on any atom is -0.315 e. The Morgan fingerprint density at radius 1 is 1.00 bits per heavy atom. The van der Waals surface area contributed by atoms with Gasteiger partial charge in [-0.25, -0.2) is 0 Å². The topological polar surface area (TPSA) is 15.3 Å². The van der Waals surface area contributed by atoms with Crippen LogP contribution in [0.5, 0.6) is 0 Å². The molecule has 98 valence electrons. The minimum absolute atomic E-state index is 0.673. The van der Waals surface area contributed by atoms with E-state index in [0.29, 0.717) is 6.04 Å². The first-order chi connectivity index (χ1) is 7.61. The van der Waals surface area contributed by atoms with E-state index in [1.165, 1.54) is 32.4 Å². The van der Waals surface area contributed by atoms with Crippen LogP contribution in [0.1, 0.15) is 53.9 Å². The van der Waals surface area contributed by atoms with E-state index in [1.807, 2.05) is 0 Å². The normalized spacial score (nSPS) is 13.7. The molecule has 0 aromatic rings. The van der Waals surface area contributed by atoms with Crippen LogP contribution in [0.2, 0.25) is 0 Å². The third-order valence-electron chi connectivity index (χ3n) is 2.98. The molecule has 0 saturated heterocycles. The summed E-state index contributed by atoms with van der Waals surface area (Å²) in [6.45, 7) is 16.2. The van der Waals surface area contributed by atoms with Crippen molar-refractivity contribution in [3.63, 3.8) is 0 Å². The van der Waals surface area contributed by atoms with Gasteiger partial charge in [0.15, 0.2) is 0 Å². The molecule has 0 aromatic heterocycles. The molecule has 1 atom stereocenters. The Hall–Kier alpha value is -0.0800. The molecule has 2 heteroatoms. The molecule has 0 bridgehead atoms. The maximum atomic E-state index is 3.57. The van der Waals surface area contributed by atoms with Gasteiger partial charge in [0.25, 0.3) is 0 Å². The summed E-state index contributed by atoms with van der Waals surface area (Å²) in [7, 11) is 0. The van der Waals surface area contributed by atoms with Gasteiger partial charge in [0.2, 0.25) is 0 Å². The van der Waals surface area contributed by atoms with Crippen molar-refractivity contribution in [2.75, 3.05) is 26.2 Å². The fourth-order valence-corrected chi connectivity index (χ4v) is 1.96. The fourth-order valence-electron chi connectivity index (χ4n) is 1.96. The highest BCUT2D eigenvalue weighted by molar-refractivity contribution is 4.69. The zero-order valence-electron chi connectivity index (χ0n) is 12.1. The van der Waals surface area contributed by atoms with Gasteiger partial charge in [0.1, 0.15) is 0 Å². The van der Waals surface area contributed by atoms with Crippen molar-refractivity contribution in [1.29, 1.82) is 0 Å². The molecule has 1 N–H and O–H groups in total. The SMILES string of the molecule is CCCN(CCC)C(C)CNCCC(C)C. The van der Waals surface area contributed by atoms with Crippen LogP contribution >= 0.6 is 0 Å². The van der Waals surface area contributed by atoms with Crippen molar-refractivity contribution in [3.8, 4) is 0 Å². The van der Waals surface area contributed by atoms with E-state index in [2.05, 4.69) is 44.8 Å². The summed E-state index contributed by atoms with van der Waals surface area (Å²) in [5, 5.41) is 3.57. The van der Waals surface area contributed by atoms with E-state index in [-0.39, 0.29) is 0 Å². The number of nitrogens with zero attached hydrogens (tertiary/aromatic N) is 1. The van der Waals surface area contributed by atoms with Crippen molar-refractivity contribution in [3.05, 3.63) is 0 Å². The highest BCUT2D eigenvalue weighted by atomic mass is 15.2. The summed E-state index contributed by atoms with van der Waals surface area (Å²) < 4.78 is 0. The quantitative estimate of drug-likeness (QED) is 0.578. The summed E-state index contributed by atoms with van der Waals surface area (Å²) in [6, 6.07) is 0.673. The van der Waals surface area contributed by atoms with E-state index in [0.717, 1.165) is 19.0 Å². The molecule has 0 heterocycles. The Kier molecular flexibility index (Phi) is 10.0. The molecule has 0 amide bonds. The van der Waals surface area contributed by atoms with Crippen LogP contribution in [0.4, 0.5) is 0 Å². The Morgan fingerprint density at radius 3 is 2.00 bits per heavy atom. The van der Waals surface area contributed by atoms with Crippen molar-refractivity contribution in [1.82, 2.24) is 10.2 Å². The van der Waals surface area contributed by atoms with Crippen LogP contribution in [0.15, 0.2) is 0 Å². The van der Waals surface area contributed by atoms with Gasteiger partial charge < -0.3 is 5.32 Å². The molecule has 0 radical (unpaired) electrons. The van der Waals surface area contributed by atoms with E-state index < -0.39 is 0 Å². The molecule has 0 fully saturated rings. The Bertz CT molecular complexity index is 140. The molecule has 2 nitrogen and oxygen atoms in total. The average molecular weight is 228 g/mol. The Balaban J connectivity index is 3.68. The molecule has 0 aliphatic carbocycles. The lowest BCUT2D eigenvalue weighted by molar-refractivity contribution is 0.204. The highest BCUT2D eigenvalue weighted by Crippen LogP contribution is 2.02. The second-order valence-electron chi connectivity index (χ2n) is 5.27. The minimum atomic E-state index is 0.673. The van der Waals surface area contributed by atoms with Gasteiger partial charge in [0, 0.05) is 12.6 Å². The van der Waals surface area contributed by atoms with Gasteiger partial charge in [-0.1, -0.05) is 27.7 Å². The maximum absolute atomic E-state index is 3.57. The zero-order valence-corrected chi connectivity index (χ0v) is 12.1. The van der Waals surface area contributed by atoms with Crippen LogP contribution in [-0.2, 0) is 0 Å². The van der Waals surface area contributed by atoms with Crippen molar-refractivity contribution in [2.45, 2.75) is 59.9 Å². The van der Waals surface area contributed by atoms with Crippen molar-refractivity contribution in [2.24, 2.45) is 5.92 Å². The molecule has 0 aromatic carbocycles. The second-order valence-corrected chi connectivity index (χ2v) is 5.27. The van der Waals surface area contributed by atoms with Crippen LogP contribution in [-0.4, -0.2) is 37.1 Å². The monoisotopic (exact) mass is 228 g/mol. The van der Waals surface area contributed by atoms with Gasteiger partial charge >= 0.3 is 0 Å². The summed E-state index contributed by atoms with van der Waals surface area (Å²) in [5.74, 6) is 0.810. The standard InChI is InChI=1S/C14H32N2/c1-6-10-16(11-7-2)14(5)12-15-9-8-13(3)4/h13-15H,6-12H2,1-5H3. The van der Waals surface area contributed by atoms with E-state index >= 15 is 0 Å². The summed E-state index contributed by atoms with van der Waals surface area (Å²) in [5.41, 5.74) is 0. The average Bonchev–Trinajstić information content (AvgIpc) is 2.23. The molecule has 0 aliphatic heterocycles. The first kappa shape index (κ1) is 15.9. The first-order valence-corrected chi connectivity index (χ1v) is 7.06. The molecule has 16 heavy (non-hydrogen) atoms. The number of hydrogen-bond acceptors (Lipinski definition) is 2. The second kappa shape index (κ2) is 10.1. The molecule has 0 rings (SSSR count). The number of nitrogens with one attached hydrogen (secondary N) is 1. The molecular weight excluding hydrogens is 196 g/mol. The van der Waals surface area contributed by atoms with Crippen molar-refractivity contribution < 1.29 is 0 Å². The van der Waals surface area contributed by atoms with Crippen LogP contribution in [0.25, 0.3) is 0 Å². The van der Waals surface area contributed by atoms with Crippen LogP contribution in [0, 0.1) is 5.92 Å². The van der Waals surface area contributed by atoms with Crippen molar-refractivity contribution >= 4 is 0 Å². The number of rotatable bonds is 10. The number of hydrogen-bond donors (Lipinski definition) is 1. The molecule has 0 spiro atoms. The van der Waals surface area contributed by atoms with Crippen LogP contribution < -0.4 is 5.32 Å². The summed E-state index contributed by atoms with van der Waals surface area (Å²) in [4.78, 5) is 2.60. The van der Waals surface area contributed by atoms with Gasteiger partial charge in [-0.3, -0.25) is 4.90 Å². The van der Waals surface area contributed by atoms with Gasteiger partial charge in [0.05, 0.1) is 0 Å². The Labute approximate surface area is 103 Å². The third kappa shape index (κ3) is 8.12. The van der Waals surface area contributed by atoms with Gasteiger partial charge in [-0.15, -0.1) is 0 Å². The summed E-state index contributed by atoms with van der Waals surface area (Å²) >= 11 is 0. The maximum Gasteiger partial charge on any atom is 0.0192 e. The third-order valence-corrected chi connectivity index (χ3v) is 2.98. The largest absolute Gasteiger partial charge is 0.315 e. The predicted octanol–water partition coefficient (Wildman–Crippen LogP) is 3.13. The Morgan fingerprint density at radius 2 is 1.56 bits per heavy atom. The fraction of sp³-hybridized carbons (Fsp3) is 1.00. The zero-order chi connectivity index (χ0) is 12.4. The highest BCUT2D eigenvalue weighted by Gasteiger charge is 2.11. The van der Waals surface area contributed by atoms with E-state index in [1.54, 1.807) is 0 Å². The molecular formula is C14H32N2. The van der Waals surface area contributed by atoms with E-state index in [9.17, 15) is 0 Å². The smallest absolute Gasteiger partial charge is 0.0192 e. The predicted molar refractivity (Wildman–Crippen MR) is 73.9 cm³/mol. The van der Waals surface area contributed by atoms with Crippen LogP contribution in [0.3, 0.4) is 0 Å². The first-order valence-electron chi connectivity index (χ1n) is 7.06. The lowest BCUT2D eigenvalue weighted by Crippen LogP contribution is -2.41. The molecule has 1 unspecified atom stereocenters. The summed E-state index contributed by atoms with van der Waals surface area (Å²) in [6.07, 6.45) is 3.81. The lowest BCUT2D eigenvalue weighted by Gasteiger charge is -2.28.